The number of imidazole rings is 1. The average Bonchev–Trinajstić information content (AvgIpc) is 3.07. The molecule has 1 aromatic carbocycles. The van der Waals surface area contributed by atoms with E-state index in [0.29, 0.717) is 34.4 Å². The fourth-order valence-corrected chi connectivity index (χ4v) is 4.37. The van der Waals surface area contributed by atoms with Crippen LogP contribution in [0.1, 0.15) is 25.8 Å². The summed E-state index contributed by atoms with van der Waals surface area (Å²) in [7, 11) is -0.0875. The van der Waals surface area contributed by atoms with Crippen molar-refractivity contribution in [2.45, 2.75) is 30.7 Å². The molecule has 0 aliphatic rings. The summed E-state index contributed by atoms with van der Waals surface area (Å²) in [6, 6.07) is 7.15. The van der Waals surface area contributed by atoms with Crippen molar-refractivity contribution in [2.24, 2.45) is 0 Å². The molecule has 1 atom stereocenters. The molecule has 3 rings (SSSR count). The highest BCUT2D eigenvalue weighted by atomic mass is 35.5. The van der Waals surface area contributed by atoms with Gasteiger partial charge in [-0.1, -0.05) is 18.5 Å². The molecule has 0 aliphatic heterocycles. The number of rotatable bonds is 8. The van der Waals surface area contributed by atoms with Gasteiger partial charge in [-0.15, -0.1) is 0 Å². The second kappa shape index (κ2) is 8.69. The summed E-state index contributed by atoms with van der Waals surface area (Å²) in [6.07, 6.45) is 4.54. The van der Waals surface area contributed by atoms with Gasteiger partial charge in [0.2, 0.25) is 0 Å². The Morgan fingerprint density at radius 2 is 2.00 bits per heavy atom. The lowest BCUT2D eigenvalue weighted by Gasteiger charge is -2.19. The number of ether oxygens (including phenoxy) is 2. The highest BCUT2D eigenvalue weighted by molar-refractivity contribution is 7.90. The maximum absolute atomic E-state index is 11.8. The van der Waals surface area contributed by atoms with Crippen LogP contribution < -0.4 is 4.74 Å². The number of pyridine rings is 1. The van der Waals surface area contributed by atoms with Crippen molar-refractivity contribution in [2.75, 3.05) is 27.1 Å². The lowest BCUT2D eigenvalue weighted by molar-refractivity contribution is 0.175. The first kappa shape index (κ1) is 21.5. The molecule has 2 heterocycles. The predicted molar refractivity (Wildman–Crippen MR) is 113 cm³/mol. The van der Waals surface area contributed by atoms with Crippen molar-refractivity contribution in [3.8, 4) is 17.3 Å². The monoisotopic (exact) mass is 437 g/mol. The topological polar surface area (TPSA) is 83.3 Å². The summed E-state index contributed by atoms with van der Waals surface area (Å²) in [5.41, 5.74) is 2.71. The Hall–Kier alpha value is -2.16. The Morgan fingerprint density at radius 1 is 1.24 bits per heavy atom. The number of methoxy groups -OCH3 is 2. The zero-order chi connectivity index (χ0) is 21.2. The van der Waals surface area contributed by atoms with Crippen molar-refractivity contribution >= 4 is 32.5 Å². The fraction of sp³-hybridized carbons (Fsp3) is 0.400. The van der Waals surface area contributed by atoms with Crippen LogP contribution >= 0.6 is 11.6 Å². The van der Waals surface area contributed by atoms with E-state index in [2.05, 4.69) is 21.5 Å². The molecule has 156 valence electrons. The molecule has 0 aliphatic carbocycles. The summed E-state index contributed by atoms with van der Waals surface area (Å²) in [5.74, 6) is 0. The molecule has 0 bridgehead atoms. The zero-order valence-electron chi connectivity index (χ0n) is 16.8. The third-order valence-electron chi connectivity index (χ3n) is 4.87. The largest absolute Gasteiger partial charge is 0.468 e. The molecule has 0 amide bonds. The smallest absolute Gasteiger partial charge is 0.297 e. The zero-order valence-corrected chi connectivity index (χ0v) is 18.4. The standard InChI is InChI=1S/C20H24ClN3O4S/c1-5-13(9-11-27-2)24-17-8-10-22-18(19(17)23-20(24)28-3)15-7-6-14(12-16(15)21)29(4,25)26/h6-8,10,12-13H,5,9,11H2,1-4H3. The van der Waals surface area contributed by atoms with Crippen LogP contribution in [0.2, 0.25) is 5.02 Å². The van der Waals surface area contributed by atoms with E-state index in [0.717, 1.165) is 24.6 Å². The van der Waals surface area contributed by atoms with Crippen LogP contribution in [0.15, 0.2) is 35.4 Å². The first-order chi connectivity index (χ1) is 13.8. The maximum Gasteiger partial charge on any atom is 0.297 e. The van der Waals surface area contributed by atoms with Crippen LogP contribution in [-0.4, -0.2) is 50.0 Å². The van der Waals surface area contributed by atoms with Crippen LogP contribution in [0.25, 0.3) is 22.3 Å². The van der Waals surface area contributed by atoms with Crippen LogP contribution in [0.3, 0.4) is 0 Å². The molecule has 0 radical (unpaired) electrons. The number of hydrogen-bond acceptors (Lipinski definition) is 6. The molecule has 0 fully saturated rings. The number of halogens is 1. The number of sulfone groups is 1. The molecule has 0 saturated heterocycles. The quantitative estimate of drug-likeness (QED) is 0.526. The number of aromatic nitrogens is 3. The van der Waals surface area contributed by atoms with Crippen molar-refractivity contribution in [3.63, 3.8) is 0 Å². The van der Waals surface area contributed by atoms with E-state index in [-0.39, 0.29) is 10.9 Å². The van der Waals surface area contributed by atoms with E-state index in [1.807, 2.05) is 6.07 Å². The Bertz CT molecular complexity index is 1130. The lowest BCUT2D eigenvalue weighted by atomic mass is 10.1. The highest BCUT2D eigenvalue weighted by Crippen LogP contribution is 2.36. The summed E-state index contributed by atoms with van der Waals surface area (Å²) in [5, 5.41) is 0.299. The minimum absolute atomic E-state index is 0.147. The molecule has 9 heteroatoms. The summed E-state index contributed by atoms with van der Waals surface area (Å²) < 4.78 is 36.5. The second-order valence-electron chi connectivity index (χ2n) is 6.75. The SMILES string of the molecule is CCC(CCOC)n1c(OC)nc2c(-c3ccc(S(C)(=O)=O)cc3Cl)nccc21. The molecule has 0 saturated carbocycles. The molecule has 7 nitrogen and oxygen atoms in total. The first-order valence-electron chi connectivity index (χ1n) is 9.21. The Labute approximate surface area is 175 Å². The third kappa shape index (κ3) is 4.24. The van der Waals surface area contributed by atoms with Gasteiger partial charge < -0.3 is 9.47 Å². The van der Waals surface area contributed by atoms with Crippen molar-refractivity contribution in [1.29, 1.82) is 0 Å². The fourth-order valence-electron chi connectivity index (χ4n) is 3.38. The van der Waals surface area contributed by atoms with Gasteiger partial charge in [0.05, 0.1) is 28.2 Å². The molecule has 29 heavy (non-hydrogen) atoms. The van der Waals surface area contributed by atoms with Crippen LogP contribution in [0, 0.1) is 0 Å². The lowest BCUT2D eigenvalue weighted by Crippen LogP contribution is -2.12. The summed E-state index contributed by atoms with van der Waals surface area (Å²) in [4.78, 5) is 9.29. The Morgan fingerprint density at radius 3 is 2.59 bits per heavy atom. The van der Waals surface area contributed by atoms with Gasteiger partial charge in [0.25, 0.3) is 6.01 Å². The Balaban J connectivity index is 2.19. The van der Waals surface area contributed by atoms with E-state index in [1.165, 1.54) is 12.1 Å². The van der Waals surface area contributed by atoms with Gasteiger partial charge in [-0.3, -0.25) is 9.55 Å². The van der Waals surface area contributed by atoms with Gasteiger partial charge in [-0.25, -0.2) is 8.42 Å². The van der Waals surface area contributed by atoms with E-state index in [4.69, 9.17) is 21.1 Å². The molecule has 0 spiro atoms. The predicted octanol–water partition coefficient (Wildman–Crippen LogP) is 4.15. The van der Waals surface area contributed by atoms with Crippen LogP contribution in [-0.2, 0) is 14.6 Å². The second-order valence-corrected chi connectivity index (χ2v) is 9.18. The van der Waals surface area contributed by atoms with Crippen LogP contribution in [0.5, 0.6) is 6.01 Å². The van der Waals surface area contributed by atoms with E-state index >= 15 is 0 Å². The number of hydrogen-bond donors (Lipinski definition) is 0. The normalized spacial score (nSPS) is 13.0. The van der Waals surface area contributed by atoms with E-state index in [1.54, 1.807) is 26.5 Å². The number of benzene rings is 1. The molecule has 1 unspecified atom stereocenters. The van der Waals surface area contributed by atoms with Gasteiger partial charge >= 0.3 is 0 Å². The van der Waals surface area contributed by atoms with Crippen molar-refractivity contribution < 1.29 is 17.9 Å². The van der Waals surface area contributed by atoms with E-state index in [9.17, 15) is 8.42 Å². The van der Waals surface area contributed by atoms with E-state index < -0.39 is 9.84 Å². The first-order valence-corrected chi connectivity index (χ1v) is 11.5. The molecule has 2 aromatic heterocycles. The van der Waals surface area contributed by atoms with Crippen LogP contribution in [0.4, 0.5) is 0 Å². The molecule has 0 N–H and O–H groups in total. The van der Waals surface area contributed by atoms with Gasteiger partial charge in [0, 0.05) is 37.8 Å². The van der Waals surface area contributed by atoms with Crippen molar-refractivity contribution in [1.82, 2.24) is 14.5 Å². The molecule has 3 aromatic rings. The van der Waals surface area contributed by atoms with Gasteiger partial charge in [-0.2, -0.15) is 4.98 Å². The molecular weight excluding hydrogens is 414 g/mol. The van der Waals surface area contributed by atoms with Crippen molar-refractivity contribution in [3.05, 3.63) is 35.5 Å². The van der Waals surface area contributed by atoms with Gasteiger partial charge in [-0.05, 0) is 37.1 Å². The highest BCUT2D eigenvalue weighted by Gasteiger charge is 2.22. The average molecular weight is 438 g/mol. The number of fused-ring (bicyclic) bond motifs is 1. The minimum atomic E-state index is -3.35. The summed E-state index contributed by atoms with van der Waals surface area (Å²) in [6.45, 7) is 2.73. The van der Waals surface area contributed by atoms with Gasteiger partial charge in [0.15, 0.2) is 9.84 Å². The maximum atomic E-state index is 11.8. The number of nitrogens with zero attached hydrogens (tertiary/aromatic N) is 3. The Kier molecular flexibility index (Phi) is 6.45. The third-order valence-corrected chi connectivity index (χ3v) is 6.30. The van der Waals surface area contributed by atoms with Gasteiger partial charge in [0.1, 0.15) is 5.52 Å². The minimum Gasteiger partial charge on any atom is -0.468 e. The summed E-state index contributed by atoms with van der Waals surface area (Å²) >= 11 is 6.42. The molecular formula is C20H24ClN3O4S.